The van der Waals surface area contributed by atoms with Gasteiger partial charge in [0.2, 0.25) is 5.95 Å². The summed E-state index contributed by atoms with van der Waals surface area (Å²) in [4.78, 5) is 7.89. The number of nitrogens with one attached hydrogen (secondary N) is 2. The second kappa shape index (κ2) is 4.61. The van der Waals surface area contributed by atoms with Gasteiger partial charge < -0.3 is 21.0 Å². The Morgan fingerprint density at radius 2 is 2.12 bits per heavy atom. The number of nitrogens with zero attached hydrogens (tertiary/aromatic N) is 5. The molecule has 2 aromatic rings. The summed E-state index contributed by atoms with van der Waals surface area (Å²) >= 11 is 0. The van der Waals surface area contributed by atoms with Crippen molar-refractivity contribution in [3.8, 4) is 0 Å². The Hall–Kier alpha value is -2.42. The molecule has 0 aliphatic carbocycles. The Morgan fingerprint density at radius 3 is 2.76 bits per heavy atom. The van der Waals surface area contributed by atoms with Crippen LogP contribution in [0.3, 0.4) is 0 Å². The van der Waals surface area contributed by atoms with E-state index in [0.29, 0.717) is 18.2 Å². The summed E-state index contributed by atoms with van der Waals surface area (Å²) in [5, 5.41) is 10.8. The molecule has 2 aromatic heterocycles. The summed E-state index contributed by atoms with van der Waals surface area (Å²) in [6, 6.07) is 1.65. The Labute approximate surface area is 97.2 Å². The van der Waals surface area contributed by atoms with E-state index in [4.69, 9.17) is 11.6 Å². The molecule has 0 aromatic carbocycles. The van der Waals surface area contributed by atoms with Gasteiger partial charge in [0.25, 0.3) is 0 Å². The number of hydrogen-bond acceptors (Lipinski definition) is 8. The van der Waals surface area contributed by atoms with Crippen LogP contribution in [0.15, 0.2) is 12.4 Å². The minimum atomic E-state index is 0.140. The second-order valence-electron chi connectivity index (χ2n) is 3.35. The Balaban J connectivity index is 2.09. The molecule has 0 aliphatic heterocycles. The largest absolute Gasteiger partial charge is 0.368 e. The SMILES string of the molecule is Cn1cnnc1CNc1cc(NN)nc(N)n1. The molecule has 9 nitrogen and oxygen atoms in total. The summed E-state index contributed by atoms with van der Waals surface area (Å²) in [5.74, 6) is 7.18. The lowest BCUT2D eigenvalue weighted by Gasteiger charge is -2.07. The minimum absolute atomic E-state index is 0.140. The molecular formula is C8H13N9. The Morgan fingerprint density at radius 1 is 1.35 bits per heavy atom. The van der Waals surface area contributed by atoms with E-state index in [1.54, 1.807) is 17.0 Å². The molecule has 2 rings (SSSR count). The van der Waals surface area contributed by atoms with E-state index < -0.39 is 0 Å². The summed E-state index contributed by atoms with van der Waals surface area (Å²) < 4.78 is 1.81. The first-order chi connectivity index (χ1) is 8.19. The number of hydrazine groups is 1. The van der Waals surface area contributed by atoms with Gasteiger partial charge in [0.15, 0.2) is 5.82 Å². The van der Waals surface area contributed by atoms with E-state index in [-0.39, 0.29) is 5.95 Å². The molecule has 0 aliphatic rings. The van der Waals surface area contributed by atoms with E-state index in [2.05, 4.69) is 30.9 Å². The van der Waals surface area contributed by atoms with Crippen molar-refractivity contribution in [1.29, 1.82) is 0 Å². The van der Waals surface area contributed by atoms with Gasteiger partial charge in [-0.15, -0.1) is 10.2 Å². The van der Waals surface area contributed by atoms with Gasteiger partial charge in [-0.25, -0.2) is 5.84 Å². The zero-order valence-corrected chi connectivity index (χ0v) is 9.25. The van der Waals surface area contributed by atoms with E-state index in [0.717, 1.165) is 5.82 Å². The van der Waals surface area contributed by atoms with E-state index in [9.17, 15) is 0 Å². The lowest BCUT2D eigenvalue weighted by Crippen LogP contribution is -2.12. The van der Waals surface area contributed by atoms with Crippen molar-refractivity contribution in [3.05, 3.63) is 18.2 Å². The second-order valence-corrected chi connectivity index (χ2v) is 3.35. The molecule has 0 fully saturated rings. The van der Waals surface area contributed by atoms with Gasteiger partial charge >= 0.3 is 0 Å². The number of anilines is 3. The van der Waals surface area contributed by atoms with Crippen LogP contribution in [0.5, 0.6) is 0 Å². The van der Waals surface area contributed by atoms with Gasteiger partial charge in [-0.3, -0.25) is 0 Å². The molecule has 0 atom stereocenters. The smallest absolute Gasteiger partial charge is 0.223 e. The molecule has 0 radical (unpaired) electrons. The number of rotatable bonds is 4. The van der Waals surface area contributed by atoms with Crippen molar-refractivity contribution >= 4 is 17.6 Å². The normalized spacial score (nSPS) is 10.2. The number of aryl methyl sites for hydroxylation is 1. The highest BCUT2D eigenvalue weighted by Gasteiger charge is 2.03. The third-order valence-electron chi connectivity index (χ3n) is 2.12. The van der Waals surface area contributed by atoms with Crippen LogP contribution in [-0.2, 0) is 13.6 Å². The van der Waals surface area contributed by atoms with E-state index in [1.807, 2.05) is 7.05 Å². The lowest BCUT2D eigenvalue weighted by molar-refractivity contribution is 0.810. The topological polar surface area (TPSA) is 133 Å². The van der Waals surface area contributed by atoms with Crippen LogP contribution in [0.4, 0.5) is 17.6 Å². The number of aromatic nitrogens is 5. The fourth-order valence-corrected chi connectivity index (χ4v) is 1.27. The maximum absolute atomic E-state index is 5.52. The highest BCUT2D eigenvalue weighted by atomic mass is 15.3. The first-order valence-electron chi connectivity index (χ1n) is 4.87. The fraction of sp³-hybridized carbons (Fsp3) is 0.250. The lowest BCUT2D eigenvalue weighted by atomic mass is 10.5. The molecule has 2 heterocycles. The summed E-state index contributed by atoms with van der Waals surface area (Å²) in [5.41, 5.74) is 7.93. The third kappa shape index (κ3) is 2.58. The number of nitrogens with two attached hydrogens (primary N) is 2. The minimum Gasteiger partial charge on any atom is -0.368 e. The molecule has 0 saturated heterocycles. The third-order valence-corrected chi connectivity index (χ3v) is 2.12. The van der Waals surface area contributed by atoms with Gasteiger partial charge in [0.1, 0.15) is 18.0 Å². The van der Waals surface area contributed by atoms with Gasteiger partial charge in [-0.1, -0.05) is 0 Å². The molecule has 90 valence electrons. The van der Waals surface area contributed by atoms with E-state index >= 15 is 0 Å². The first kappa shape index (κ1) is 11.1. The fourth-order valence-electron chi connectivity index (χ4n) is 1.27. The van der Waals surface area contributed by atoms with Crippen LogP contribution in [0, 0.1) is 0 Å². The molecule has 9 heteroatoms. The average molecular weight is 235 g/mol. The van der Waals surface area contributed by atoms with Crippen LogP contribution in [0.2, 0.25) is 0 Å². The summed E-state index contributed by atoms with van der Waals surface area (Å²) in [6.45, 7) is 0.483. The van der Waals surface area contributed by atoms with Crippen molar-refractivity contribution in [1.82, 2.24) is 24.7 Å². The van der Waals surface area contributed by atoms with Gasteiger partial charge in [-0.2, -0.15) is 9.97 Å². The zero-order chi connectivity index (χ0) is 12.3. The van der Waals surface area contributed by atoms with E-state index in [1.165, 1.54) is 0 Å². The maximum Gasteiger partial charge on any atom is 0.223 e. The van der Waals surface area contributed by atoms with Crippen molar-refractivity contribution in [2.45, 2.75) is 6.54 Å². The molecule has 0 saturated carbocycles. The van der Waals surface area contributed by atoms with Gasteiger partial charge in [0, 0.05) is 13.1 Å². The molecule has 6 N–H and O–H groups in total. The van der Waals surface area contributed by atoms with Crippen LogP contribution in [0.1, 0.15) is 5.82 Å². The first-order valence-corrected chi connectivity index (χ1v) is 4.87. The number of nitrogen functional groups attached to an aromatic ring is 2. The predicted octanol–water partition coefficient (Wildman–Crippen LogP) is -0.915. The molecule has 17 heavy (non-hydrogen) atoms. The molecular weight excluding hydrogens is 222 g/mol. The van der Waals surface area contributed by atoms with Crippen LogP contribution < -0.4 is 22.3 Å². The summed E-state index contributed by atoms with van der Waals surface area (Å²) in [6.07, 6.45) is 1.62. The molecule has 0 spiro atoms. The monoisotopic (exact) mass is 235 g/mol. The van der Waals surface area contributed by atoms with Crippen LogP contribution in [0.25, 0.3) is 0 Å². The van der Waals surface area contributed by atoms with Crippen LogP contribution in [-0.4, -0.2) is 24.7 Å². The zero-order valence-electron chi connectivity index (χ0n) is 9.25. The standard InChI is InChI=1S/C8H13N9/c1-17-4-12-16-7(17)3-11-5-2-6(15-10)14-8(9)13-5/h2,4H,3,10H2,1H3,(H4,9,11,13,14,15). The molecule has 0 bridgehead atoms. The van der Waals surface area contributed by atoms with Gasteiger partial charge in [-0.05, 0) is 0 Å². The Kier molecular flexibility index (Phi) is 3.01. The van der Waals surface area contributed by atoms with Crippen molar-refractivity contribution in [2.24, 2.45) is 12.9 Å². The van der Waals surface area contributed by atoms with Gasteiger partial charge in [0.05, 0.1) is 6.54 Å². The number of hydrogen-bond donors (Lipinski definition) is 4. The Bertz CT molecular complexity index is 505. The van der Waals surface area contributed by atoms with Crippen LogP contribution >= 0.6 is 0 Å². The quantitative estimate of drug-likeness (QED) is 0.395. The molecule has 0 amide bonds. The van der Waals surface area contributed by atoms with Crippen molar-refractivity contribution in [2.75, 3.05) is 16.5 Å². The van der Waals surface area contributed by atoms with Crippen molar-refractivity contribution in [3.63, 3.8) is 0 Å². The highest BCUT2D eigenvalue weighted by Crippen LogP contribution is 2.11. The highest BCUT2D eigenvalue weighted by molar-refractivity contribution is 5.50. The summed E-state index contributed by atoms with van der Waals surface area (Å²) in [7, 11) is 1.86. The van der Waals surface area contributed by atoms with Crippen molar-refractivity contribution < 1.29 is 0 Å². The average Bonchev–Trinajstić information content (AvgIpc) is 2.71. The molecule has 0 unspecified atom stereocenters. The predicted molar refractivity (Wildman–Crippen MR) is 62.6 cm³/mol. The maximum atomic E-state index is 5.52.